The highest BCUT2D eigenvalue weighted by molar-refractivity contribution is 5.93. The molecule has 620 valence electrons. The van der Waals surface area contributed by atoms with Crippen molar-refractivity contribution < 1.29 is 93.0 Å². The van der Waals surface area contributed by atoms with Crippen molar-refractivity contribution in [2.24, 2.45) is 22.9 Å². The molecule has 53 heteroatoms. The molecule has 0 radical (unpaired) electrons. The van der Waals surface area contributed by atoms with Crippen molar-refractivity contribution in [1.82, 2.24) is 167 Å². The van der Waals surface area contributed by atoms with E-state index in [-0.39, 0.29) is 133 Å². The van der Waals surface area contributed by atoms with Crippen LogP contribution in [0, 0.1) is 0 Å². The number of ether oxygens (including phenoxy) is 2. The molecular formula is C69H58Cl4N40O9-4. The zero-order valence-corrected chi connectivity index (χ0v) is 65.6. The van der Waals surface area contributed by atoms with Gasteiger partial charge in [-0.2, -0.15) is 0 Å². The van der Waals surface area contributed by atoms with Crippen LogP contribution >= 0.6 is 0 Å². The Morgan fingerprint density at radius 1 is 0.311 bits per heavy atom. The van der Waals surface area contributed by atoms with E-state index < -0.39 is 17.9 Å². The quantitative estimate of drug-likeness (QED) is 0.0349. The van der Waals surface area contributed by atoms with E-state index in [4.69, 9.17) is 28.0 Å². The third-order valence-electron chi connectivity index (χ3n) is 14.1. The number of hydrogen-bond acceptors (Lipinski definition) is 45. The second-order valence-electron chi connectivity index (χ2n) is 22.0. The average Bonchev–Trinajstić information content (AvgIpc) is 0.873. The van der Waals surface area contributed by atoms with Crippen LogP contribution in [0.15, 0.2) is 196 Å². The normalized spacial score (nSPS) is 9.82. The lowest BCUT2D eigenvalue weighted by atomic mass is 10.1. The Kier molecular flexibility index (Phi) is 38.5. The first kappa shape index (κ1) is 94.7. The van der Waals surface area contributed by atoms with Gasteiger partial charge in [0.15, 0.2) is 6.33 Å². The van der Waals surface area contributed by atoms with Gasteiger partial charge in [0.25, 0.3) is 11.6 Å². The fourth-order valence-electron chi connectivity index (χ4n) is 8.43. The molecule has 0 saturated heterocycles. The number of nitrogens with zero attached hydrogens (tertiary/aromatic N) is 33. The summed E-state index contributed by atoms with van der Waals surface area (Å²) in [6, 6.07) is 38.0. The molecule has 0 fully saturated rings. The van der Waals surface area contributed by atoms with Crippen LogP contribution in [0.3, 0.4) is 0 Å². The maximum atomic E-state index is 11.3. The topological polar surface area (TPSA) is 707 Å². The smallest absolute Gasteiger partial charge is 0.379 e. The molecule has 0 atom stereocenters. The summed E-state index contributed by atoms with van der Waals surface area (Å²) >= 11 is 0. The van der Waals surface area contributed by atoms with Crippen molar-refractivity contribution in [2.45, 2.75) is 6.54 Å². The number of esters is 2. The van der Waals surface area contributed by atoms with Crippen molar-refractivity contribution in [2.75, 3.05) is 49.8 Å². The molecule has 0 unspecified atom stereocenters. The fraction of sp³-hybridized carbons (Fsp3) is 0.0870. The van der Waals surface area contributed by atoms with Gasteiger partial charge in [0.05, 0.1) is 75.1 Å². The number of aromatic nitrogens is 33. The van der Waals surface area contributed by atoms with Gasteiger partial charge >= 0.3 is 17.9 Å². The molecule has 13 heterocycles. The lowest BCUT2D eigenvalue weighted by molar-refractivity contribution is -0.115. The first-order chi connectivity index (χ1) is 57.6. The molecule has 0 bridgehead atoms. The van der Waals surface area contributed by atoms with Crippen molar-refractivity contribution in [1.29, 1.82) is 0 Å². The standard InChI is InChI=1S/C16H16N10O2.C13H11N9O.C13H8N6O2.C12H8N6.C9H9N5.C6H6N4O4.4ClH/c17-5-13(27)21-9-1-3-11(19-7-9)15-23-25-16(26-24-15)12-4-2-10(8-20-12)22-14(28)6-18;14-6-10(23)18-8-2-3-9(17-7-8)11-19-21-13(22-20-11)12-15-4-1-5-16-12;20-13(21)9-4-2-8(3-5-9)10-16-18-12(19-17-10)11-14-6-1-7-15-11;1-3-7-13-9(5-1)11-15-17-12(18-16-11)10-6-2-4-8-14-10;10-5-7-1-3-8(4-2-7)9-13-11-6-12-14-9;1-13-5(11)3-7-9-4(10-8-3)6(12)14-2;;;;/h1-4,7-8H,5-6,17-18H2,(H,21,27)(H,22,28);1-5,7H,6,14H2,(H,18,23);1-7H,(H,20,21);1-8H;1-4,6H,5,10H2;1-2H3;4*1H/p-4. The Hall–Kier alpha value is -16.2. The van der Waals surface area contributed by atoms with E-state index in [1.165, 1.54) is 51.3 Å². The van der Waals surface area contributed by atoms with E-state index in [1.807, 2.05) is 48.5 Å². The number of halogens is 4. The second-order valence-corrected chi connectivity index (χ2v) is 22.0. The van der Waals surface area contributed by atoms with Gasteiger partial charge in [0, 0.05) is 54.9 Å². The van der Waals surface area contributed by atoms with E-state index in [0.29, 0.717) is 92.6 Å². The number of anilines is 3. The fourth-order valence-corrected chi connectivity index (χ4v) is 8.43. The van der Waals surface area contributed by atoms with Crippen LogP contribution in [0.1, 0.15) is 37.2 Å². The Morgan fingerprint density at radius 2 is 0.607 bits per heavy atom. The zero-order chi connectivity index (χ0) is 83.2. The molecule has 49 nitrogen and oxygen atoms in total. The largest absolute Gasteiger partial charge is 1.00 e. The summed E-state index contributed by atoms with van der Waals surface area (Å²) in [5, 5.41) is 108. The SMILES string of the molecule is COC(=O)c1nnc(C(=O)OC)nn1.NCC(=O)Nc1ccc(-c2nnc(-c3ccc(NC(=O)CN)cn3)nn2)nc1.NCC(=O)Nc1ccc(-c2nnc(-c3ncccn3)nn2)nc1.NCc1ccc(-c2nncnn2)cc1.O=C(O)c1ccc(-c2nnc(-c3ncccn3)nn2)cc1.[Cl-].[Cl-].[Cl-].[Cl-].c1ccc(-c2nnc(-c3ccccn3)nn2)nc1. The number of pyridine rings is 5. The first-order valence-corrected chi connectivity index (χ1v) is 33.5. The van der Waals surface area contributed by atoms with Crippen LogP contribution in [0.2, 0.25) is 0 Å². The Balaban J connectivity index is 0.000000229. The van der Waals surface area contributed by atoms with E-state index in [0.717, 1.165) is 11.1 Å². The van der Waals surface area contributed by atoms with Gasteiger partial charge < -0.3 is 103 Å². The second kappa shape index (κ2) is 49.7. The van der Waals surface area contributed by atoms with E-state index in [2.05, 4.69) is 193 Å². The first-order valence-electron chi connectivity index (χ1n) is 33.5. The number of carboxylic acid groups (broad SMARTS) is 1. The molecule has 0 aliphatic heterocycles. The molecular weight excluding hydrogens is 1670 g/mol. The summed E-state index contributed by atoms with van der Waals surface area (Å²) in [5.74, 6) is -0.696. The summed E-state index contributed by atoms with van der Waals surface area (Å²) in [6.07, 6.45) is 15.3. The van der Waals surface area contributed by atoms with Gasteiger partial charge in [-0.1, -0.05) is 48.5 Å². The molecule has 0 aliphatic rings. The predicted molar refractivity (Wildman–Crippen MR) is 405 cm³/mol. The molecule has 0 spiro atoms. The molecule has 12 N–H and O–H groups in total. The Morgan fingerprint density at radius 3 is 0.885 bits per heavy atom. The van der Waals surface area contributed by atoms with Crippen LogP contribution in [0.5, 0.6) is 0 Å². The summed E-state index contributed by atoms with van der Waals surface area (Å²) in [4.78, 5) is 103. The Labute approximate surface area is 710 Å². The molecule has 2 aromatic carbocycles. The number of carbonyl (C=O) groups excluding carboxylic acids is 5. The number of hydrogen-bond donors (Lipinski definition) is 8. The highest BCUT2D eigenvalue weighted by Gasteiger charge is 2.18. The minimum Gasteiger partial charge on any atom is -1.00 e. The van der Waals surface area contributed by atoms with Crippen molar-refractivity contribution in [3.63, 3.8) is 0 Å². The Bertz CT molecular complexity index is 5540. The zero-order valence-electron chi connectivity index (χ0n) is 62.6. The summed E-state index contributed by atoms with van der Waals surface area (Å²) in [7, 11) is 2.33. The van der Waals surface area contributed by atoms with Crippen LogP contribution in [0.25, 0.3) is 104 Å². The molecule has 3 amide bonds. The van der Waals surface area contributed by atoms with Gasteiger partial charge in [-0.3, -0.25) is 39.3 Å². The maximum Gasteiger partial charge on any atom is 0.379 e. The number of carbonyl (C=O) groups is 6. The summed E-state index contributed by atoms with van der Waals surface area (Å²) < 4.78 is 8.61. The van der Waals surface area contributed by atoms with Crippen molar-refractivity contribution >= 4 is 52.7 Å². The predicted octanol–water partition coefficient (Wildman–Crippen LogP) is -11.4. The number of rotatable bonds is 19. The van der Waals surface area contributed by atoms with Gasteiger partial charge in [-0.25, -0.2) is 34.3 Å². The molecule has 15 aromatic rings. The van der Waals surface area contributed by atoms with E-state index >= 15 is 0 Å². The molecule has 122 heavy (non-hydrogen) atoms. The molecule has 0 aliphatic carbocycles. The average molecular weight is 1730 g/mol. The number of methoxy groups -OCH3 is 2. The van der Waals surface area contributed by atoms with Gasteiger partial charge in [0.1, 0.15) is 28.5 Å². The van der Waals surface area contributed by atoms with Crippen LogP contribution < -0.4 is 88.5 Å². The van der Waals surface area contributed by atoms with Gasteiger partial charge in [0.2, 0.25) is 81.8 Å². The summed E-state index contributed by atoms with van der Waals surface area (Å²) in [6.45, 7) is 0.206. The number of amides is 3. The highest BCUT2D eigenvalue weighted by Crippen LogP contribution is 2.21. The number of aromatic carboxylic acids is 1. The molecule has 15 rings (SSSR count). The maximum absolute atomic E-state index is 11.3. The van der Waals surface area contributed by atoms with Gasteiger partial charge in [-0.05, 0) is 90.5 Å². The van der Waals surface area contributed by atoms with E-state index in [1.54, 1.807) is 110 Å². The lowest BCUT2D eigenvalue weighted by Gasteiger charge is -2.05. The molecule has 0 saturated carbocycles. The third-order valence-corrected chi connectivity index (χ3v) is 14.1. The number of benzene rings is 2. The number of nitrogens with two attached hydrogens (primary N) is 4. The van der Waals surface area contributed by atoms with E-state index in [9.17, 15) is 28.8 Å². The van der Waals surface area contributed by atoms with Crippen LogP contribution in [0.4, 0.5) is 17.1 Å². The van der Waals surface area contributed by atoms with Crippen LogP contribution in [-0.2, 0) is 30.4 Å². The number of nitrogens with one attached hydrogen (secondary N) is 3. The monoisotopic (exact) mass is 1730 g/mol. The van der Waals surface area contributed by atoms with Gasteiger partial charge in [-0.15, -0.1) is 122 Å². The summed E-state index contributed by atoms with van der Waals surface area (Å²) in [5.41, 5.74) is 28.1. The van der Waals surface area contributed by atoms with Crippen LogP contribution in [-0.4, -0.2) is 242 Å². The minimum atomic E-state index is -0.990. The molecule has 13 aromatic heterocycles. The van der Waals surface area contributed by atoms with Crippen molar-refractivity contribution in [3.8, 4) is 104 Å². The lowest BCUT2D eigenvalue weighted by Crippen LogP contribution is -3.00. The highest BCUT2D eigenvalue weighted by atomic mass is 35.5. The third kappa shape index (κ3) is 28.6. The minimum absolute atomic E-state index is 0. The van der Waals surface area contributed by atoms with Crippen molar-refractivity contribution in [3.05, 3.63) is 218 Å². The number of carboxylic acids is 1.